The van der Waals surface area contributed by atoms with E-state index in [1.54, 1.807) is 19.4 Å². The molecule has 1 fully saturated rings. The summed E-state index contributed by atoms with van der Waals surface area (Å²) in [6.07, 6.45) is 4.34. The number of carbonyl (C=O) groups excluding carboxylic acids is 1. The number of rotatable bonds is 7. The number of nitrogens with one attached hydrogen (secondary N) is 1. The first kappa shape index (κ1) is 16.2. The second-order valence-electron chi connectivity index (χ2n) is 5.82. The summed E-state index contributed by atoms with van der Waals surface area (Å²) in [4.78, 5) is 22.7. The number of methoxy groups -OCH3 is 1. The highest BCUT2D eigenvalue weighted by atomic mass is 16.5. The van der Waals surface area contributed by atoms with Gasteiger partial charge in [-0.15, -0.1) is 0 Å². The zero-order valence-electron chi connectivity index (χ0n) is 13.8. The van der Waals surface area contributed by atoms with Crippen LogP contribution >= 0.6 is 0 Å². The lowest BCUT2D eigenvalue weighted by molar-refractivity contribution is -0.128. The lowest BCUT2D eigenvalue weighted by Crippen LogP contribution is -2.34. The molecule has 0 bridgehead atoms. The normalized spacial score (nSPS) is 17.1. The Bertz CT molecular complexity index is 678. The summed E-state index contributed by atoms with van der Waals surface area (Å²) in [5.41, 5.74) is 1.31. The third-order valence-corrected chi connectivity index (χ3v) is 4.18. The summed E-state index contributed by atoms with van der Waals surface area (Å²) >= 11 is 0. The van der Waals surface area contributed by atoms with Crippen molar-refractivity contribution in [3.8, 4) is 5.88 Å². The van der Waals surface area contributed by atoms with Crippen LogP contribution in [-0.4, -0.2) is 47.0 Å². The highest BCUT2D eigenvalue weighted by Gasteiger charge is 2.31. The van der Waals surface area contributed by atoms with E-state index in [0.29, 0.717) is 11.8 Å². The Morgan fingerprint density at radius 1 is 1.29 bits per heavy atom. The average molecular weight is 326 g/mol. The molecule has 0 spiro atoms. The van der Waals surface area contributed by atoms with Crippen molar-refractivity contribution >= 4 is 11.9 Å². The number of amides is 1. The number of nitrogens with zero attached hydrogens (tertiary/aromatic N) is 3. The molecule has 0 radical (unpaired) electrons. The fourth-order valence-corrected chi connectivity index (χ4v) is 2.89. The predicted molar refractivity (Wildman–Crippen MR) is 92.0 cm³/mol. The number of aryl methyl sites for hydroxylation is 1. The van der Waals surface area contributed by atoms with Gasteiger partial charge in [0, 0.05) is 25.4 Å². The van der Waals surface area contributed by atoms with Crippen LogP contribution in [0.1, 0.15) is 18.4 Å². The second kappa shape index (κ2) is 7.77. The highest BCUT2D eigenvalue weighted by Crippen LogP contribution is 2.17. The summed E-state index contributed by atoms with van der Waals surface area (Å²) in [5.74, 6) is 1.03. The lowest BCUT2D eigenvalue weighted by Gasteiger charge is -2.17. The van der Waals surface area contributed by atoms with Gasteiger partial charge in [-0.25, -0.2) is 4.98 Å². The van der Waals surface area contributed by atoms with Gasteiger partial charge in [-0.2, -0.15) is 4.98 Å². The fraction of sp³-hybridized carbons (Fsp3) is 0.389. The summed E-state index contributed by atoms with van der Waals surface area (Å²) in [5, 5.41) is 3.11. The molecular weight excluding hydrogens is 304 g/mol. The summed E-state index contributed by atoms with van der Waals surface area (Å²) in [7, 11) is 1.56. The van der Waals surface area contributed by atoms with E-state index in [-0.39, 0.29) is 11.9 Å². The first-order valence-electron chi connectivity index (χ1n) is 8.22. The van der Waals surface area contributed by atoms with Crippen LogP contribution in [0.5, 0.6) is 5.88 Å². The predicted octanol–water partition coefficient (Wildman–Crippen LogP) is 2.13. The van der Waals surface area contributed by atoms with Crippen LogP contribution in [0.15, 0.2) is 42.6 Å². The molecule has 1 atom stereocenters. The van der Waals surface area contributed by atoms with E-state index in [4.69, 9.17) is 4.74 Å². The molecule has 1 aliphatic rings. The van der Waals surface area contributed by atoms with Crippen LogP contribution in [-0.2, 0) is 11.2 Å². The van der Waals surface area contributed by atoms with E-state index < -0.39 is 0 Å². The topological polar surface area (TPSA) is 67.3 Å². The van der Waals surface area contributed by atoms with Crippen molar-refractivity contribution in [2.45, 2.75) is 25.3 Å². The summed E-state index contributed by atoms with van der Waals surface area (Å²) < 4.78 is 5.08. The minimum Gasteiger partial charge on any atom is -0.481 e. The van der Waals surface area contributed by atoms with E-state index in [9.17, 15) is 4.79 Å². The minimum atomic E-state index is -0.256. The maximum atomic E-state index is 12.5. The van der Waals surface area contributed by atoms with Gasteiger partial charge < -0.3 is 15.0 Å². The first-order chi connectivity index (χ1) is 11.8. The molecule has 1 amide bonds. The number of benzene rings is 1. The van der Waals surface area contributed by atoms with E-state index in [1.165, 1.54) is 5.56 Å². The number of likely N-dealkylation sites (tertiary alicyclic amines) is 1. The van der Waals surface area contributed by atoms with Gasteiger partial charge >= 0.3 is 0 Å². The van der Waals surface area contributed by atoms with E-state index in [2.05, 4.69) is 27.4 Å². The molecule has 1 N–H and O–H groups in total. The molecule has 1 unspecified atom stereocenters. The van der Waals surface area contributed by atoms with E-state index in [0.717, 1.165) is 32.4 Å². The van der Waals surface area contributed by atoms with Crippen molar-refractivity contribution in [3.05, 3.63) is 48.2 Å². The van der Waals surface area contributed by atoms with Gasteiger partial charge in [-0.05, 0) is 24.8 Å². The van der Waals surface area contributed by atoms with Gasteiger partial charge in [-0.1, -0.05) is 30.3 Å². The number of ether oxygens (including phenoxy) is 1. The molecule has 1 saturated heterocycles. The molecule has 1 aliphatic heterocycles. The number of hydrogen-bond acceptors (Lipinski definition) is 5. The van der Waals surface area contributed by atoms with Gasteiger partial charge in [0.15, 0.2) is 0 Å². The molecule has 0 saturated carbocycles. The van der Waals surface area contributed by atoms with Crippen molar-refractivity contribution in [2.75, 3.05) is 25.5 Å². The minimum absolute atomic E-state index is 0.120. The van der Waals surface area contributed by atoms with Crippen molar-refractivity contribution in [1.82, 2.24) is 14.9 Å². The summed E-state index contributed by atoms with van der Waals surface area (Å²) in [6, 6.07) is 11.8. The van der Waals surface area contributed by atoms with Gasteiger partial charge in [0.1, 0.15) is 6.04 Å². The maximum absolute atomic E-state index is 12.5. The Morgan fingerprint density at radius 2 is 2.12 bits per heavy atom. The first-order valence-corrected chi connectivity index (χ1v) is 8.22. The number of carbonyl (C=O) groups is 1. The molecule has 2 aromatic rings. The molecular formula is C18H22N4O2. The van der Waals surface area contributed by atoms with Gasteiger partial charge in [-0.3, -0.25) is 4.79 Å². The molecule has 3 rings (SSSR count). The average Bonchev–Trinajstić information content (AvgIpc) is 2.96. The van der Waals surface area contributed by atoms with Crippen molar-refractivity contribution in [2.24, 2.45) is 0 Å². The highest BCUT2D eigenvalue weighted by molar-refractivity contribution is 5.86. The van der Waals surface area contributed by atoms with Gasteiger partial charge in [0.25, 0.3) is 0 Å². The molecule has 126 valence electrons. The third kappa shape index (κ3) is 4.01. The number of hydrogen-bond donors (Lipinski definition) is 1. The van der Waals surface area contributed by atoms with E-state index in [1.807, 2.05) is 23.1 Å². The molecule has 0 aliphatic carbocycles. The number of anilines is 1. The molecule has 6 heteroatoms. The summed E-state index contributed by atoms with van der Waals surface area (Å²) in [6.45, 7) is 1.56. The largest absolute Gasteiger partial charge is 0.481 e. The monoisotopic (exact) mass is 326 g/mol. The smallest absolute Gasteiger partial charge is 0.245 e. The van der Waals surface area contributed by atoms with Crippen molar-refractivity contribution in [3.63, 3.8) is 0 Å². The molecule has 6 nitrogen and oxygen atoms in total. The quantitative estimate of drug-likeness (QED) is 0.844. The SMILES string of the molecule is COc1ccnc(NC2CCN(CCCc3ccccc3)C2=O)n1. The standard InChI is InChI=1S/C18H22N4O2/c1-24-16-9-11-19-18(21-16)20-15-10-13-22(17(15)23)12-5-8-14-6-3-2-4-7-14/h2-4,6-7,9,11,15H,5,8,10,12-13H2,1H3,(H,19,20,21). The van der Waals surface area contributed by atoms with Gasteiger partial charge in [0.05, 0.1) is 7.11 Å². The molecule has 1 aromatic heterocycles. The van der Waals surface area contributed by atoms with Crippen LogP contribution in [0.4, 0.5) is 5.95 Å². The maximum Gasteiger partial charge on any atom is 0.245 e. The third-order valence-electron chi connectivity index (χ3n) is 4.18. The van der Waals surface area contributed by atoms with Crippen LogP contribution in [0.25, 0.3) is 0 Å². The van der Waals surface area contributed by atoms with Crippen LogP contribution in [0, 0.1) is 0 Å². The van der Waals surface area contributed by atoms with Crippen LogP contribution in [0.3, 0.4) is 0 Å². The Morgan fingerprint density at radius 3 is 2.92 bits per heavy atom. The zero-order chi connectivity index (χ0) is 16.8. The molecule has 1 aromatic carbocycles. The lowest BCUT2D eigenvalue weighted by atomic mass is 10.1. The molecule has 2 heterocycles. The van der Waals surface area contributed by atoms with Crippen molar-refractivity contribution in [1.29, 1.82) is 0 Å². The number of aromatic nitrogens is 2. The Kier molecular flexibility index (Phi) is 5.25. The fourth-order valence-electron chi connectivity index (χ4n) is 2.89. The van der Waals surface area contributed by atoms with Crippen molar-refractivity contribution < 1.29 is 9.53 Å². The Balaban J connectivity index is 1.49. The van der Waals surface area contributed by atoms with Gasteiger partial charge in [0.2, 0.25) is 17.7 Å². The Labute approximate surface area is 141 Å². The Hall–Kier alpha value is -2.63. The molecule has 24 heavy (non-hydrogen) atoms. The zero-order valence-corrected chi connectivity index (χ0v) is 13.8. The van der Waals surface area contributed by atoms with Crippen LogP contribution in [0.2, 0.25) is 0 Å². The second-order valence-corrected chi connectivity index (χ2v) is 5.82. The van der Waals surface area contributed by atoms with E-state index >= 15 is 0 Å². The van der Waals surface area contributed by atoms with Crippen LogP contribution < -0.4 is 10.1 Å².